The molecule has 2 amide bonds. The Kier molecular flexibility index (Phi) is 7.18. The van der Waals surface area contributed by atoms with E-state index in [1.807, 2.05) is 56.4 Å². The van der Waals surface area contributed by atoms with Crippen LogP contribution in [0.1, 0.15) is 19.4 Å². The van der Waals surface area contributed by atoms with E-state index in [0.717, 1.165) is 16.7 Å². The number of rotatable bonds is 7. The van der Waals surface area contributed by atoms with Gasteiger partial charge in [-0.2, -0.15) is 0 Å². The summed E-state index contributed by atoms with van der Waals surface area (Å²) in [5.41, 5.74) is 1.90. The van der Waals surface area contributed by atoms with Gasteiger partial charge in [0.05, 0.1) is 13.2 Å². The molecule has 0 bridgehead atoms. The van der Waals surface area contributed by atoms with Crippen LogP contribution < -0.4 is 5.32 Å². The second-order valence-corrected chi connectivity index (χ2v) is 7.83. The van der Waals surface area contributed by atoms with Gasteiger partial charge in [0.25, 0.3) is 5.91 Å². The van der Waals surface area contributed by atoms with Gasteiger partial charge >= 0.3 is 0 Å². The Bertz CT molecular complexity index is 855. The Morgan fingerprint density at radius 2 is 2.00 bits per heavy atom. The lowest BCUT2D eigenvalue weighted by Crippen LogP contribution is -2.63. The van der Waals surface area contributed by atoms with Gasteiger partial charge in [-0.1, -0.05) is 30.3 Å². The molecule has 1 atom stereocenters. The van der Waals surface area contributed by atoms with Crippen LogP contribution in [-0.4, -0.2) is 66.8 Å². The molecule has 1 aliphatic rings. The molecule has 2 aromatic rings. The van der Waals surface area contributed by atoms with E-state index in [2.05, 4.69) is 10.3 Å². The van der Waals surface area contributed by atoms with Gasteiger partial charge < -0.3 is 19.7 Å². The van der Waals surface area contributed by atoms with Crippen molar-refractivity contribution in [3.63, 3.8) is 0 Å². The van der Waals surface area contributed by atoms with E-state index >= 15 is 0 Å². The van der Waals surface area contributed by atoms with Crippen molar-refractivity contribution in [1.29, 1.82) is 0 Å². The molecule has 160 valence electrons. The maximum absolute atomic E-state index is 13.1. The summed E-state index contributed by atoms with van der Waals surface area (Å²) >= 11 is 0. The van der Waals surface area contributed by atoms with Gasteiger partial charge in [0.2, 0.25) is 5.91 Å². The molecule has 2 heterocycles. The molecule has 0 unspecified atom stereocenters. The first-order chi connectivity index (χ1) is 14.4. The smallest absolute Gasteiger partial charge is 0.254 e. The highest BCUT2D eigenvalue weighted by atomic mass is 16.5. The number of morpholine rings is 1. The maximum Gasteiger partial charge on any atom is 0.254 e. The van der Waals surface area contributed by atoms with Gasteiger partial charge in [0, 0.05) is 38.5 Å². The number of amides is 2. The molecule has 1 fully saturated rings. The second kappa shape index (κ2) is 9.82. The van der Waals surface area contributed by atoms with Gasteiger partial charge in [-0.3, -0.25) is 14.6 Å². The zero-order chi connectivity index (χ0) is 21.6. The maximum atomic E-state index is 13.1. The Morgan fingerprint density at radius 1 is 1.23 bits per heavy atom. The molecule has 0 radical (unpaired) electrons. The van der Waals surface area contributed by atoms with Crippen molar-refractivity contribution in [2.45, 2.75) is 31.9 Å². The molecule has 7 heteroatoms. The molecule has 1 N–H and O–H groups in total. The van der Waals surface area contributed by atoms with Crippen molar-refractivity contribution in [2.75, 3.05) is 33.4 Å². The molecule has 0 aliphatic carbocycles. The largest absolute Gasteiger partial charge is 0.375 e. The Hall–Kier alpha value is -2.77. The molecule has 0 spiro atoms. The van der Waals surface area contributed by atoms with E-state index in [-0.39, 0.29) is 31.0 Å². The summed E-state index contributed by atoms with van der Waals surface area (Å²) in [4.78, 5) is 31.3. The van der Waals surface area contributed by atoms with Crippen LogP contribution in [0.3, 0.4) is 0 Å². The number of aromatic nitrogens is 1. The fourth-order valence-electron chi connectivity index (χ4n) is 3.61. The van der Waals surface area contributed by atoms with Crippen LogP contribution in [0, 0.1) is 0 Å². The molecule has 1 saturated heterocycles. The highest BCUT2D eigenvalue weighted by molar-refractivity contribution is 5.87. The standard InChI is InChI=1S/C23H29N3O4/c1-17(2)25-22(28)23(16-26(11-12-30-23)21(27)15-29-3)13-18-6-8-19(9-7-18)20-5-4-10-24-14-20/h4-10,14,17H,11-13,15-16H2,1-3H3,(H,25,28)/t23-/m0/s1. The number of carbonyl (C=O) groups is 2. The van der Waals surface area contributed by atoms with Gasteiger partial charge in [0.15, 0.2) is 5.60 Å². The fraction of sp³-hybridized carbons (Fsp3) is 0.435. The first-order valence-corrected chi connectivity index (χ1v) is 10.1. The number of methoxy groups -OCH3 is 1. The highest BCUT2D eigenvalue weighted by Crippen LogP contribution is 2.26. The lowest BCUT2D eigenvalue weighted by Gasteiger charge is -2.42. The number of ether oxygens (including phenoxy) is 2. The Balaban J connectivity index is 1.84. The third kappa shape index (κ3) is 5.23. The molecular weight excluding hydrogens is 382 g/mol. The number of carbonyl (C=O) groups excluding carboxylic acids is 2. The number of benzene rings is 1. The number of nitrogens with zero attached hydrogens (tertiary/aromatic N) is 2. The normalized spacial score (nSPS) is 19.0. The molecule has 30 heavy (non-hydrogen) atoms. The lowest BCUT2D eigenvalue weighted by molar-refractivity contribution is -0.167. The van der Waals surface area contributed by atoms with Crippen molar-refractivity contribution in [2.24, 2.45) is 0 Å². The first-order valence-electron chi connectivity index (χ1n) is 10.1. The van der Waals surface area contributed by atoms with Crippen LogP contribution in [-0.2, 0) is 25.5 Å². The monoisotopic (exact) mass is 411 g/mol. The minimum Gasteiger partial charge on any atom is -0.375 e. The van der Waals surface area contributed by atoms with Crippen LogP contribution in [0.2, 0.25) is 0 Å². The highest BCUT2D eigenvalue weighted by Gasteiger charge is 2.45. The van der Waals surface area contributed by atoms with E-state index in [1.54, 1.807) is 11.1 Å². The zero-order valence-electron chi connectivity index (χ0n) is 17.8. The molecule has 3 rings (SSSR count). The molecule has 1 aromatic heterocycles. The number of nitrogens with one attached hydrogen (secondary N) is 1. The van der Waals surface area contributed by atoms with Crippen LogP contribution >= 0.6 is 0 Å². The summed E-state index contributed by atoms with van der Waals surface area (Å²) in [5, 5.41) is 2.96. The molecule has 7 nitrogen and oxygen atoms in total. The summed E-state index contributed by atoms with van der Waals surface area (Å²) in [5.74, 6) is -0.349. The molecular formula is C23H29N3O4. The lowest BCUT2D eigenvalue weighted by atomic mass is 9.90. The summed E-state index contributed by atoms with van der Waals surface area (Å²) in [7, 11) is 1.49. The first kappa shape index (κ1) is 21.9. The summed E-state index contributed by atoms with van der Waals surface area (Å²) in [6.07, 6.45) is 3.93. The SMILES string of the molecule is COCC(=O)N1CCO[C@](Cc2ccc(-c3cccnc3)cc2)(C(=O)NC(C)C)C1. The van der Waals surface area contributed by atoms with E-state index in [0.29, 0.717) is 19.6 Å². The fourth-order valence-corrected chi connectivity index (χ4v) is 3.61. The minimum atomic E-state index is -1.14. The average Bonchev–Trinajstić information content (AvgIpc) is 2.75. The van der Waals surface area contributed by atoms with Crippen LogP contribution in [0.25, 0.3) is 11.1 Å². The van der Waals surface area contributed by atoms with E-state index in [4.69, 9.17) is 9.47 Å². The second-order valence-electron chi connectivity index (χ2n) is 7.83. The number of hydrogen-bond donors (Lipinski definition) is 1. The minimum absolute atomic E-state index is 0.0122. The average molecular weight is 412 g/mol. The van der Waals surface area contributed by atoms with E-state index in [1.165, 1.54) is 7.11 Å². The Morgan fingerprint density at radius 3 is 2.63 bits per heavy atom. The zero-order valence-corrected chi connectivity index (χ0v) is 17.8. The summed E-state index contributed by atoms with van der Waals surface area (Å²) < 4.78 is 11.0. The van der Waals surface area contributed by atoms with Crippen LogP contribution in [0.15, 0.2) is 48.8 Å². The number of pyridine rings is 1. The topological polar surface area (TPSA) is 80.8 Å². The molecule has 0 saturated carbocycles. The third-order valence-electron chi connectivity index (χ3n) is 5.08. The number of hydrogen-bond acceptors (Lipinski definition) is 5. The predicted molar refractivity (Wildman–Crippen MR) is 114 cm³/mol. The van der Waals surface area contributed by atoms with Gasteiger partial charge in [-0.05, 0) is 36.6 Å². The molecule has 1 aliphatic heterocycles. The van der Waals surface area contributed by atoms with Crippen molar-refractivity contribution in [3.8, 4) is 11.1 Å². The van der Waals surface area contributed by atoms with E-state index in [9.17, 15) is 9.59 Å². The van der Waals surface area contributed by atoms with Crippen molar-refractivity contribution >= 4 is 11.8 Å². The summed E-state index contributed by atoms with van der Waals surface area (Å²) in [6.45, 7) is 4.74. The van der Waals surface area contributed by atoms with Gasteiger partial charge in [-0.25, -0.2) is 0 Å². The van der Waals surface area contributed by atoms with Crippen molar-refractivity contribution < 1.29 is 19.1 Å². The third-order valence-corrected chi connectivity index (χ3v) is 5.08. The van der Waals surface area contributed by atoms with Gasteiger partial charge in [0.1, 0.15) is 6.61 Å². The molecule has 1 aromatic carbocycles. The van der Waals surface area contributed by atoms with E-state index < -0.39 is 5.60 Å². The summed E-state index contributed by atoms with van der Waals surface area (Å²) in [6, 6.07) is 11.9. The van der Waals surface area contributed by atoms with Crippen molar-refractivity contribution in [1.82, 2.24) is 15.2 Å². The predicted octanol–water partition coefficient (Wildman–Crippen LogP) is 2.06. The quantitative estimate of drug-likeness (QED) is 0.754. The van der Waals surface area contributed by atoms with Gasteiger partial charge in [-0.15, -0.1) is 0 Å². The van der Waals surface area contributed by atoms with Crippen molar-refractivity contribution in [3.05, 3.63) is 54.4 Å². The van der Waals surface area contributed by atoms with Crippen LogP contribution in [0.4, 0.5) is 0 Å². The van der Waals surface area contributed by atoms with Crippen LogP contribution in [0.5, 0.6) is 0 Å². The Labute approximate surface area is 177 Å².